The van der Waals surface area contributed by atoms with Crippen molar-refractivity contribution in [2.75, 3.05) is 0 Å². The Balaban J connectivity index is 1.66. The molecular formula is C17H13N3O3. The van der Waals surface area contributed by atoms with Gasteiger partial charge in [0.05, 0.1) is 5.56 Å². The van der Waals surface area contributed by atoms with Gasteiger partial charge in [-0.1, -0.05) is 12.1 Å². The molecule has 0 aliphatic heterocycles. The smallest absolute Gasteiger partial charge is 0.345 e. The Labute approximate surface area is 131 Å². The van der Waals surface area contributed by atoms with Crippen molar-refractivity contribution < 1.29 is 14.3 Å². The van der Waals surface area contributed by atoms with Gasteiger partial charge in [0, 0.05) is 23.7 Å². The predicted molar refractivity (Wildman–Crippen MR) is 81.7 cm³/mol. The number of benzene rings is 1. The van der Waals surface area contributed by atoms with Crippen LogP contribution in [0.15, 0.2) is 42.9 Å². The van der Waals surface area contributed by atoms with Crippen LogP contribution in [0.2, 0.25) is 0 Å². The van der Waals surface area contributed by atoms with E-state index in [1.165, 1.54) is 6.33 Å². The molecule has 3 aromatic rings. The number of nitrogens with zero attached hydrogens (tertiary/aromatic N) is 3. The third-order valence-corrected chi connectivity index (χ3v) is 3.99. The fourth-order valence-corrected chi connectivity index (χ4v) is 2.85. The van der Waals surface area contributed by atoms with Crippen molar-refractivity contribution in [3.05, 3.63) is 59.5 Å². The normalized spacial score (nSPS) is 13.8. The van der Waals surface area contributed by atoms with Crippen LogP contribution in [0, 0.1) is 0 Å². The highest BCUT2D eigenvalue weighted by atomic mass is 16.5. The number of fused-ring (bicyclic) bond motifs is 2. The van der Waals surface area contributed by atoms with Crippen molar-refractivity contribution in [2.24, 2.45) is 0 Å². The highest BCUT2D eigenvalue weighted by Crippen LogP contribution is 2.30. The van der Waals surface area contributed by atoms with E-state index in [0.29, 0.717) is 28.9 Å². The number of ether oxygens (including phenoxy) is 1. The minimum Gasteiger partial charge on any atom is -0.423 e. The van der Waals surface area contributed by atoms with Gasteiger partial charge in [0.1, 0.15) is 12.1 Å². The number of carbonyl (C=O) groups excluding carboxylic acids is 2. The largest absolute Gasteiger partial charge is 0.423 e. The standard InChI is InChI=1S/C17H13N3O3/c21-14-5-1-4-13-12(14)3-2-6-15(13)23-17(22)11-7-8-16-19-18-10-20(16)9-11/h2-3,6-10H,1,4-5H2. The summed E-state index contributed by atoms with van der Waals surface area (Å²) in [6, 6.07) is 8.61. The molecule has 0 amide bonds. The van der Waals surface area contributed by atoms with Crippen LogP contribution in [0.25, 0.3) is 5.65 Å². The molecule has 0 saturated carbocycles. The summed E-state index contributed by atoms with van der Waals surface area (Å²) in [6.07, 6.45) is 5.23. The molecule has 23 heavy (non-hydrogen) atoms. The Morgan fingerprint density at radius 3 is 3.00 bits per heavy atom. The first-order valence-electron chi connectivity index (χ1n) is 7.39. The molecule has 0 fully saturated rings. The Morgan fingerprint density at radius 1 is 1.17 bits per heavy atom. The third-order valence-electron chi connectivity index (χ3n) is 3.99. The SMILES string of the molecule is O=C(Oc1cccc2c1CCCC2=O)c1ccc2nncn2c1. The van der Waals surface area contributed by atoms with E-state index in [9.17, 15) is 9.59 Å². The number of pyridine rings is 1. The van der Waals surface area contributed by atoms with Crippen molar-refractivity contribution in [1.82, 2.24) is 14.6 Å². The number of aromatic nitrogens is 3. The molecule has 1 aliphatic rings. The Hall–Kier alpha value is -3.02. The topological polar surface area (TPSA) is 73.6 Å². The Morgan fingerprint density at radius 2 is 2.09 bits per heavy atom. The van der Waals surface area contributed by atoms with Crippen LogP contribution >= 0.6 is 0 Å². The number of ketones is 1. The van der Waals surface area contributed by atoms with Gasteiger partial charge in [-0.2, -0.15) is 0 Å². The van der Waals surface area contributed by atoms with E-state index in [-0.39, 0.29) is 5.78 Å². The molecule has 0 saturated heterocycles. The summed E-state index contributed by atoms with van der Waals surface area (Å²) in [5, 5.41) is 7.67. The molecule has 1 aromatic carbocycles. The van der Waals surface area contributed by atoms with E-state index >= 15 is 0 Å². The summed E-state index contributed by atoms with van der Waals surface area (Å²) in [5.74, 6) is 0.103. The lowest BCUT2D eigenvalue weighted by Gasteiger charge is -2.17. The molecule has 0 radical (unpaired) electrons. The van der Waals surface area contributed by atoms with Crippen LogP contribution in [0.5, 0.6) is 5.75 Å². The molecule has 0 bridgehead atoms. The second-order valence-corrected chi connectivity index (χ2v) is 5.46. The first-order valence-corrected chi connectivity index (χ1v) is 7.39. The zero-order valence-corrected chi connectivity index (χ0v) is 12.2. The van der Waals surface area contributed by atoms with Gasteiger partial charge in [-0.05, 0) is 31.0 Å². The molecule has 0 spiro atoms. The molecule has 1 aliphatic carbocycles. The van der Waals surface area contributed by atoms with Gasteiger partial charge < -0.3 is 4.74 Å². The van der Waals surface area contributed by atoms with E-state index in [0.717, 1.165) is 18.4 Å². The minimum atomic E-state index is -0.466. The number of Topliss-reactive ketones (excluding diaryl/α,β-unsaturated/α-hetero) is 1. The van der Waals surface area contributed by atoms with Gasteiger partial charge in [0.15, 0.2) is 11.4 Å². The molecular weight excluding hydrogens is 294 g/mol. The van der Waals surface area contributed by atoms with Crippen molar-refractivity contribution in [3.8, 4) is 5.75 Å². The molecule has 2 heterocycles. The van der Waals surface area contributed by atoms with E-state index in [1.54, 1.807) is 40.9 Å². The first kappa shape index (κ1) is 13.6. The molecule has 0 unspecified atom stereocenters. The summed E-state index contributed by atoms with van der Waals surface area (Å²) in [5.41, 5.74) is 2.54. The van der Waals surface area contributed by atoms with E-state index in [2.05, 4.69) is 10.2 Å². The third kappa shape index (κ3) is 2.38. The Bertz CT molecular complexity index is 930. The number of hydrogen-bond acceptors (Lipinski definition) is 5. The maximum Gasteiger partial charge on any atom is 0.345 e. The van der Waals surface area contributed by atoms with E-state index in [1.807, 2.05) is 0 Å². The van der Waals surface area contributed by atoms with Crippen LogP contribution < -0.4 is 4.74 Å². The zero-order valence-electron chi connectivity index (χ0n) is 12.2. The molecule has 0 atom stereocenters. The van der Waals surface area contributed by atoms with Crippen LogP contribution in [-0.4, -0.2) is 26.4 Å². The fourth-order valence-electron chi connectivity index (χ4n) is 2.85. The van der Waals surface area contributed by atoms with Crippen molar-refractivity contribution in [2.45, 2.75) is 19.3 Å². The number of esters is 1. The monoisotopic (exact) mass is 307 g/mol. The fraction of sp³-hybridized carbons (Fsp3) is 0.176. The van der Waals surface area contributed by atoms with Gasteiger partial charge in [-0.15, -0.1) is 10.2 Å². The quantitative estimate of drug-likeness (QED) is 0.537. The van der Waals surface area contributed by atoms with Gasteiger partial charge >= 0.3 is 5.97 Å². The van der Waals surface area contributed by atoms with Crippen LogP contribution in [0.3, 0.4) is 0 Å². The minimum absolute atomic E-state index is 0.107. The summed E-state index contributed by atoms with van der Waals surface area (Å²) in [7, 11) is 0. The maximum absolute atomic E-state index is 12.4. The second-order valence-electron chi connectivity index (χ2n) is 5.46. The summed E-state index contributed by atoms with van der Waals surface area (Å²) in [4.78, 5) is 24.3. The van der Waals surface area contributed by atoms with Gasteiger partial charge in [-0.3, -0.25) is 9.20 Å². The average Bonchev–Trinajstić information content (AvgIpc) is 3.03. The van der Waals surface area contributed by atoms with E-state index < -0.39 is 5.97 Å². The molecule has 4 rings (SSSR count). The van der Waals surface area contributed by atoms with Crippen LogP contribution in [-0.2, 0) is 6.42 Å². The summed E-state index contributed by atoms with van der Waals surface area (Å²) < 4.78 is 7.18. The lowest BCUT2D eigenvalue weighted by molar-refractivity contribution is 0.0730. The maximum atomic E-state index is 12.4. The second kappa shape index (κ2) is 5.31. The van der Waals surface area contributed by atoms with Gasteiger partial charge in [0.2, 0.25) is 0 Å². The van der Waals surface area contributed by atoms with Crippen molar-refractivity contribution in [1.29, 1.82) is 0 Å². The lowest BCUT2D eigenvalue weighted by atomic mass is 9.90. The highest BCUT2D eigenvalue weighted by molar-refractivity contribution is 5.99. The van der Waals surface area contributed by atoms with Gasteiger partial charge in [0.25, 0.3) is 0 Å². The molecule has 2 aromatic heterocycles. The van der Waals surface area contributed by atoms with E-state index in [4.69, 9.17) is 4.74 Å². The van der Waals surface area contributed by atoms with Crippen molar-refractivity contribution in [3.63, 3.8) is 0 Å². The van der Waals surface area contributed by atoms with Crippen LogP contribution in [0.4, 0.5) is 0 Å². The number of rotatable bonds is 2. The number of carbonyl (C=O) groups is 2. The summed E-state index contributed by atoms with van der Waals surface area (Å²) >= 11 is 0. The zero-order chi connectivity index (χ0) is 15.8. The molecule has 114 valence electrons. The van der Waals surface area contributed by atoms with Crippen molar-refractivity contribution >= 4 is 17.4 Å². The molecule has 6 heteroatoms. The van der Waals surface area contributed by atoms with Gasteiger partial charge in [-0.25, -0.2) is 4.79 Å². The Kier molecular flexibility index (Phi) is 3.15. The average molecular weight is 307 g/mol. The first-order chi connectivity index (χ1) is 11.2. The molecule has 0 N–H and O–H groups in total. The lowest BCUT2D eigenvalue weighted by Crippen LogP contribution is -2.15. The summed E-state index contributed by atoms with van der Waals surface area (Å²) in [6.45, 7) is 0. The predicted octanol–water partition coefficient (Wildman–Crippen LogP) is 2.47. The van der Waals surface area contributed by atoms with Crippen LogP contribution in [0.1, 0.15) is 39.1 Å². The molecule has 6 nitrogen and oxygen atoms in total. The number of hydrogen-bond donors (Lipinski definition) is 0. The highest BCUT2D eigenvalue weighted by Gasteiger charge is 2.22.